The fourth-order valence-corrected chi connectivity index (χ4v) is 1.47. The highest BCUT2D eigenvalue weighted by atomic mass is 35.5. The van der Waals surface area contributed by atoms with E-state index >= 15 is 0 Å². The molecule has 1 amide bonds. The van der Waals surface area contributed by atoms with Gasteiger partial charge >= 0.3 is 0 Å². The lowest BCUT2D eigenvalue weighted by Crippen LogP contribution is -2.10. The summed E-state index contributed by atoms with van der Waals surface area (Å²) < 4.78 is 4.81. The summed E-state index contributed by atoms with van der Waals surface area (Å²) in [5.74, 6) is -0.257. The smallest absolute Gasteiger partial charge is 0.258 e. The average molecular weight is 256 g/mol. The van der Waals surface area contributed by atoms with Gasteiger partial charge in [-0.3, -0.25) is 4.79 Å². The van der Waals surface area contributed by atoms with Crippen LogP contribution in [0, 0.1) is 0 Å². The van der Waals surface area contributed by atoms with Crippen molar-refractivity contribution in [3.05, 3.63) is 52.4 Å². The summed E-state index contributed by atoms with van der Waals surface area (Å²) >= 11 is 11.6. The van der Waals surface area contributed by atoms with E-state index in [1.54, 1.807) is 24.3 Å². The van der Waals surface area contributed by atoms with Crippen LogP contribution >= 0.6 is 23.2 Å². The third-order valence-corrected chi connectivity index (χ3v) is 2.70. The zero-order chi connectivity index (χ0) is 11.5. The molecule has 1 heterocycles. The molecule has 0 bridgehead atoms. The van der Waals surface area contributed by atoms with Gasteiger partial charge in [-0.1, -0.05) is 23.2 Å². The Kier molecular flexibility index (Phi) is 3.17. The third-order valence-electron chi connectivity index (χ3n) is 1.96. The number of furan rings is 1. The van der Waals surface area contributed by atoms with Crippen LogP contribution in [0.5, 0.6) is 0 Å². The number of anilines is 1. The maximum absolute atomic E-state index is 11.6. The van der Waals surface area contributed by atoms with Gasteiger partial charge in [-0.25, -0.2) is 0 Å². The van der Waals surface area contributed by atoms with Gasteiger partial charge in [0.1, 0.15) is 6.26 Å². The number of carbonyl (C=O) groups excluding carboxylic acids is 1. The Morgan fingerprint density at radius 3 is 2.62 bits per heavy atom. The molecule has 3 nitrogen and oxygen atoms in total. The van der Waals surface area contributed by atoms with E-state index in [1.165, 1.54) is 12.5 Å². The molecule has 82 valence electrons. The molecule has 0 saturated carbocycles. The normalized spacial score (nSPS) is 10.1. The molecule has 0 aliphatic rings. The van der Waals surface area contributed by atoms with Gasteiger partial charge in [0, 0.05) is 5.69 Å². The lowest BCUT2D eigenvalue weighted by atomic mass is 10.3. The van der Waals surface area contributed by atoms with Crippen LogP contribution in [0.2, 0.25) is 10.0 Å². The van der Waals surface area contributed by atoms with E-state index in [2.05, 4.69) is 5.32 Å². The topological polar surface area (TPSA) is 42.2 Å². The second kappa shape index (κ2) is 4.60. The van der Waals surface area contributed by atoms with E-state index in [4.69, 9.17) is 27.6 Å². The molecule has 2 aromatic rings. The van der Waals surface area contributed by atoms with E-state index in [1.807, 2.05) is 0 Å². The molecule has 0 fully saturated rings. The molecule has 0 atom stereocenters. The van der Waals surface area contributed by atoms with Crippen molar-refractivity contribution in [1.82, 2.24) is 0 Å². The van der Waals surface area contributed by atoms with E-state index in [-0.39, 0.29) is 5.91 Å². The summed E-state index contributed by atoms with van der Waals surface area (Å²) in [4.78, 5) is 11.6. The van der Waals surface area contributed by atoms with Crippen molar-refractivity contribution >= 4 is 34.8 Å². The van der Waals surface area contributed by atoms with Crippen molar-refractivity contribution in [2.75, 3.05) is 5.32 Å². The number of hydrogen-bond acceptors (Lipinski definition) is 2. The van der Waals surface area contributed by atoms with Crippen molar-refractivity contribution in [2.45, 2.75) is 0 Å². The Labute approximate surface area is 102 Å². The highest BCUT2D eigenvalue weighted by Gasteiger charge is 2.07. The molecule has 16 heavy (non-hydrogen) atoms. The summed E-state index contributed by atoms with van der Waals surface area (Å²) in [7, 11) is 0. The average Bonchev–Trinajstić information content (AvgIpc) is 2.77. The standard InChI is InChI=1S/C11H7Cl2NO2/c12-9-2-1-8(5-10(9)13)14-11(15)7-3-4-16-6-7/h1-6H,(H,14,15). The first kappa shape index (κ1) is 11.0. The number of amides is 1. The minimum Gasteiger partial charge on any atom is -0.472 e. The number of halogens is 2. The van der Waals surface area contributed by atoms with Gasteiger partial charge in [0.05, 0.1) is 21.9 Å². The highest BCUT2D eigenvalue weighted by molar-refractivity contribution is 6.42. The Hall–Kier alpha value is -1.45. The Bertz CT molecular complexity index is 509. The fourth-order valence-electron chi connectivity index (χ4n) is 1.17. The number of rotatable bonds is 2. The predicted molar refractivity (Wildman–Crippen MR) is 63.1 cm³/mol. The first-order valence-electron chi connectivity index (χ1n) is 4.45. The SMILES string of the molecule is O=C(Nc1ccc(Cl)c(Cl)c1)c1ccoc1. The van der Waals surface area contributed by atoms with Gasteiger partial charge in [0.15, 0.2) is 0 Å². The van der Waals surface area contributed by atoms with Crippen LogP contribution in [0.15, 0.2) is 41.2 Å². The van der Waals surface area contributed by atoms with Crippen LogP contribution in [0.25, 0.3) is 0 Å². The lowest BCUT2D eigenvalue weighted by Gasteiger charge is -2.04. The van der Waals surface area contributed by atoms with E-state index in [0.29, 0.717) is 21.3 Å². The quantitative estimate of drug-likeness (QED) is 0.886. The van der Waals surface area contributed by atoms with Crippen molar-refractivity contribution < 1.29 is 9.21 Å². The van der Waals surface area contributed by atoms with Crippen LogP contribution in [0.3, 0.4) is 0 Å². The molecule has 0 saturated heterocycles. The number of benzene rings is 1. The minimum atomic E-state index is -0.257. The first-order chi connectivity index (χ1) is 7.66. The third kappa shape index (κ3) is 2.38. The Morgan fingerprint density at radius 1 is 1.19 bits per heavy atom. The monoisotopic (exact) mass is 255 g/mol. The van der Waals surface area contributed by atoms with Gasteiger partial charge in [0.2, 0.25) is 0 Å². The molecule has 0 spiro atoms. The highest BCUT2D eigenvalue weighted by Crippen LogP contribution is 2.25. The molecule has 0 aliphatic carbocycles. The first-order valence-corrected chi connectivity index (χ1v) is 5.21. The zero-order valence-electron chi connectivity index (χ0n) is 8.04. The molecule has 2 rings (SSSR count). The summed E-state index contributed by atoms with van der Waals surface area (Å²) in [6, 6.07) is 6.45. The fraction of sp³-hybridized carbons (Fsp3) is 0. The maximum Gasteiger partial charge on any atom is 0.258 e. The number of nitrogens with one attached hydrogen (secondary N) is 1. The lowest BCUT2D eigenvalue weighted by molar-refractivity contribution is 0.102. The zero-order valence-corrected chi connectivity index (χ0v) is 9.55. The van der Waals surface area contributed by atoms with Crippen LogP contribution < -0.4 is 5.32 Å². The molecular weight excluding hydrogens is 249 g/mol. The number of hydrogen-bond donors (Lipinski definition) is 1. The summed E-state index contributed by atoms with van der Waals surface area (Å²) in [6.07, 6.45) is 2.80. The van der Waals surface area contributed by atoms with E-state index in [9.17, 15) is 4.79 Å². The largest absolute Gasteiger partial charge is 0.472 e. The molecule has 1 N–H and O–H groups in total. The van der Waals surface area contributed by atoms with Crippen LogP contribution in [-0.4, -0.2) is 5.91 Å². The second-order valence-corrected chi connectivity index (χ2v) is 3.91. The predicted octanol–water partition coefficient (Wildman–Crippen LogP) is 3.84. The molecule has 1 aromatic heterocycles. The van der Waals surface area contributed by atoms with Crippen LogP contribution in [-0.2, 0) is 0 Å². The minimum absolute atomic E-state index is 0.257. The number of carbonyl (C=O) groups is 1. The molecule has 0 unspecified atom stereocenters. The van der Waals surface area contributed by atoms with Crippen molar-refractivity contribution in [3.63, 3.8) is 0 Å². The summed E-state index contributed by atoms with van der Waals surface area (Å²) in [5, 5.41) is 3.51. The Balaban J connectivity index is 2.15. The van der Waals surface area contributed by atoms with Gasteiger partial charge in [0.25, 0.3) is 5.91 Å². The van der Waals surface area contributed by atoms with Crippen LogP contribution in [0.4, 0.5) is 5.69 Å². The van der Waals surface area contributed by atoms with Crippen LogP contribution in [0.1, 0.15) is 10.4 Å². The van der Waals surface area contributed by atoms with Crippen molar-refractivity contribution in [1.29, 1.82) is 0 Å². The van der Waals surface area contributed by atoms with Gasteiger partial charge < -0.3 is 9.73 Å². The van der Waals surface area contributed by atoms with Crippen molar-refractivity contribution in [2.24, 2.45) is 0 Å². The molecule has 0 radical (unpaired) electrons. The van der Waals surface area contributed by atoms with E-state index < -0.39 is 0 Å². The van der Waals surface area contributed by atoms with E-state index in [0.717, 1.165) is 0 Å². The van der Waals surface area contributed by atoms with Gasteiger partial charge in [-0.05, 0) is 24.3 Å². The Morgan fingerprint density at radius 2 is 2.00 bits per heavy atom. The molecular formula is C11H7Cl2NO2. The summed E-state index contributed by atoms with van der Waals surface area (Å²) in [5.41, 5.74) is 1.03. The van der Waals surface area contributed by atoms with Gasteiger partial charge in [-0.15, -0.1) is 0 Å². The second-order valence-electron chi connectivity index (χ2n) is 3.10. The molecule has 0 aliphatic heterocycles. The van der Waals surface area contributed by atoms with Crippen molar-refractivity contribution in [3.8, 4) is 0 Å². The van der Waals surface area contributed by atoms with Gasteiger partial charge in [-0.2, -0.15) is 0 Å². The summed E-state index contributed by atoms with van der Waals surface area (Å²) in [6.45, 7) is 0. The maximum atomic E-state index is 11.6. The molecule has 1 aromatic carbocycles. The molecule has 5 heteroatoms.